The molecule has 0 spiro atoms. The minimum absolute atomic E-state index is 0. The van der Waals surface area contributed by atoms with E-state index in [0.29, 0.717) is 31.3 Å². The quantitative estimate of drug-likeness (QED) is 0.750. The molecule has 0 bridgehead atoms. The first kappa shape index (κ1) is 19.5. The Bertz CT molecular complexity index is 587. The van der Waals surface area contributed by atoms with Crippen LogP contribution in [0.5, 0.6) is 0 Å². The molecule has 138 valence electrons. The fourth-order valence-electron chi connectivity index (χ4n) is 3.48. The van der Waals surface area contributed by atoms with Crippen LogP contribution in [0.4, 0.5) is 16.2 Å². The van der Waals surface area contributed by atoms with Crippen molar-refractivity contribution in [2.24, 2.45) is 11.8 Å². The first-order valence-electron chi connectivity index (χ1n) is 8.79. The summed E-state index contributed by atoms with van der Waals surface area (Å²) >= 11 is 0. The Hall–Kier alpha value is -1.79. The number of rotatable bonds is 5. The molecule has 25 heavy (non-hydrogen) atoms. The smallest absolute Gasteiger partial charge is 0.321 e. The predicted octanol–water partition coefficient (Wildman–Crippen LogP) is 2.60. The lowest BCUT2D eigenvalue weighted by Gasteiger charge is -2.28. The second-order valence-electron chi connectivity index (χ2n) is 6.77. The number of hydrogen-bond donors (Lipinski definition) is 3. The second kappa shape index (κ2) is 9.06. The molecule has 3 N–H and O–H groups in total. The summed E-state index contributed by atoms with van der Waals surface area (Å²) in [6.07, 6.45) is 2.94. The van der Waals surface area contributed by atoms with Crippen LogP contribution < -0.4 is 20.9 Å². The van der Waals surface area contributed by atoms with Crippen molar-refractivity contribution in [2.75, 3.05) is 36.4 Å². The van der Waals surface area contributed by atoms with Crippen LogP contribution in [0.25, 0.3) is 0 Å². The molecule has 2 aliphatic heterocycles. The molecule has 1 aromatic carbocycles. The maximum atomic E-state index is 12.3. The van der Waals surface area contributed by atoms with E-state index in [1.165, 1.54) is 12.8 Å². The third-order valence-electron chi connectivity index (χ3n) is 4.97. The zero-order valence-corrected chi connectivity index (χ0v) is 15.4. The number of piperidine rings is 1. The van der Waals surface area contributed by atoms with Gasteiger partial charge >= 0.3 is 6.03 Å². The van der Waals surface area contributed by atoms with Crippen molar-refractivity contribution in [1.82, 2.24) is 10.6 Å². The number of carbonyl (C=O) groups excluding carboxylic acids is 2. The van der Waals surface area contributed by atoms with Gasteiger partial charge < -0.3 is 16.0 Å². The highest BCUT2D eigenvalue weighted by atomic mass is 35.5. The van der Waals surface area contributed by atoms with Crippen LogP contribution >= 0.6 is 12.4 Å². The molecular weight excluding hydrogens is 340 g/mol. The summed E-state index contributed by atoms with van der Waals surface area (Å²) < 4.78 is 0. The minimum Gasteiger partial charge on any atom is -0.336 e. The fourth-order valence-corrected chi connectivity index (χ4v) is 3.48. The van der Waals surface area contributed by atoms with E-state index >= 15 is 0 Å². The average Bonchev–Trinajstić information content (AvgIpc) is 3.02. The van der Waals surface area contributed by atoms with Crippen molar-refractivity contribution in [1.29, 1.82) is 0 Å². The molecule has 2 fully saturated rings. The van der Waals surface area contributed by atoms with Crippen LogP contribution in [0.1, 0.15) is 26.2 Å². The van der Waals surface area contributed by atoms with Gasteiger partial charge in [-0.25, -0.2) is 4.79 Å². The Morgan fingerprint density at radius 2 is 2.08 bits per heavy atom. The molecule has 0 aliphatic carbocycles. The lowest BCUT2D eigenvalue weighted by Crippen LogP contribution is -2.34. The van der Waals surface area contributed by atoms with Gasteiger partial charge in [-0.05, 0) is 62.0 Å². The lowest BCUT2D eigenvalue weighted by molar-refractivity contribution is -0.117. The van der Waals surface area contributed by atoms with Gasteiger partial charge in [-0.15, -0.1) is 12.4 Å². The summed E-state index contributed by atoms with van der Waals surface area (Å²) in [5.74, 6) is 1.02. The lowest BCUT2D eigenvalue weighted by atomic mass is 9.85. The van der Waals surface area contributed by atoms with E-state index in [4.69, 9.17) is 0 Å². The highest BCUT2D eigenvalue weighted by Crippen LogP contribution is 2.24. The molecule has 0 radical (unpaired) electrons. The largest absolute Gasteiger partial charge is 0.336 e. The molecule has 0 aromatic heterocycles. The molecular formula is C18H27ClN4O2. The number of urea groups is 1. The van der Waals surface area contributed by atoms with Crippen LogP contribution in [0.15, 0.2) is 24.3 Å². The van der Waals surface area contributed by atoms with Crippen molar-refractivity contribution in [3.05, 3.63) is 24.3 Å². The SMILES string of the molecule is CC(CC(=O)Nc1ccc(N2CCNC2=O)cc1)C1CCCNC1.Cl. The van der Waals surface area contributed by atoms with Crippen LogP contribution in [0, 0.1) is 11.8 Å². The number of halogens is 1. The van der Waals surface area contributed by atoms with Crippen LogP contribution in [0.2, 0.25) is 0 Å². The van der Waals surface area contributed by atoms with Crippen molar-refractivity contribution in [3.63, 3.8) is 0 Å². The van der Waals surface area contributed by atoms with E-state index in [9.17, 15) is 9.59 Å². The number of hydrogen-bond acceptors (Lipinski definition) is 3. The standard InChI is InChI=1S/C18H26N4O2.ClH/c1-13(14-3-2-8-19-12-14)11-17(23)21-15-4-6-16(7-5-15)22-10-9-20-18(22)24;/h4-7,13-14,19H,2-3,8-12H2,1H3,(H,20,24)(H,21,23);1H. The first-order chi connectivity index (χ1) is 11.6. The van der Waals surface area contributed by atoms with Crippen molar-refractivity contribution < 1.29 is 9.59 Å². The molecule has 3 rings (SSSR count). The normalized spacial score (nSPS) is 21.2. The van der Waals surface area contributed by atoms with Crippen LogP contribution in [-0.4, -0.2) is 38.1 Å². The third-order valence-corrected chi connectivity index (χ3v) is 4.97. The van der Waals surface area contributed by atoms with Crippen LogP contribution in [-0.2, 0) is 4.79 Å². The van der Waals surface area contributed by atoms with Crippen molar-refractivity contribution in [3.8, 4) is 0 Å². The Labute approximate surface area is 155 Å². The minimum atomic E-state index is -0.0679. The van der Waals surface area contributed by atoms with Gasteiger partial charge in [0.25, 0.3) is 0 Å². The molecule has 2 aliphatic rings. The van der Waals surface area contributed by atoms with Crippen LogP contribution in [0.3, 0.4) is 0 Å². The van der Waals surface area contributed by atoms with E-state index in [0.717, 1.165) is 24.5 Å². The molecule has 2 heterocycles. The maximum Gasteiger partial charge on any atom is 0.321 e. The monoisotopic (exact) mass is 366 g/mol. The van der Waals surface area contributed by atoms with Crippen molar-refractivity contribution in [2.45, 2.75) is 26.2 Å². The van der Waals surface area contributed by atoms with Gasteiger partial charge in [-0.3, -0.25) is 9.69 Å². The van der Waals surface area contributed by atoms with Gasteiger partial charge in [-0.2, -0.15) is 0 Å². The maximum absolute atomic E-state index is 12.3. The van der Waals surface area contributed by atoms with Gasteiger partial charge in [0.1, 0.15) is 0 Å². The summed E-state index contributed by atoms with van der Waals surface area (Å²) in [6, 6.07) is 7.38. The Morgan fingerprint density at radius 1 is 1.32 bits per heavy atom. The molecule has 0 saturated carbocycles. The number of carbonyl (C=O) groups is 2. The van der Waals surface area contributed by atoms with Crippen molar-refractivity contribution >= 4 is 35.7 Å². The first-order valence-corrected chi connectivity index (χ1v) is 8.79. The zero-order chi connectivity index (χ0) is 16.9. The van der Waals surface area contributed by atoms with Gasteiger partial charge in [0.15, 0.2) is 0 Å². The average molecular weight is 367 g/mol. The fraction of sp³-hybridized carbons (Fsp3) is 0.556. The third kappa shape index (κ3) is 5.09. The van der Waals surface area contributed by atoms with Gasteiger partial charge in [0.2, 0.25) is 5.91 Å². The topological polar surface area (TPSA) is 73.5 Å². The van der Waals surface area contributed by atoms with E-state index in [1.807, 2.05) is 24.3 Å². The number of amides is 3. The molecule has 2 unspecified atom stereocenters. The van der Waals surface area contributed by atoms with E-state index < -0.39 is 0 Å². The Kier molecular flexibility index (Phi) is 7.08. The number of benzene rings is 1. The second-order valence-corrected chi connectivity index (χ2v) is 6.77. The summed E-state index contributed by atoms with van der Waals surface area (Å²) in [4.78, 5) is 25.6. The molecule has 6 nitrogen and oxygen atoms in total. The van der Waals surface area contributed by atoms with E-state index in [-0.39, 0.29) is 24.3 Å². The summed E-state index contributed by atoms with van der Waals surface area (Å²) in [5, 5.41) is 9.15. The summed E-state index contributed by atoms with van der Waals surface area (Å²) in [5.41, 5.74) is 1.63. The van der Waals surface area contributed by atoms with E-state index in [2.05, 4.69) is 22.9 Å². The van der Waals surface area contributed by atoms with Gasteiger partial charge in [0.05, 0.1) is 0 Å². The van der Waals surface area contributed by atoms with Gasteiger partial charge in [0, 0.05) is 30.9 Å². The molecule has 1 aromatic rings. The van der Waals surface area contributed by atoms with Gasteiger partial charge in [-0.1, -0.05) is 6.92 Å². The summed E-state index contributed by atoms with van der Waals surface area (Å²) in [7, 11) is 0. The highest BCUT2D eigenvalue weighted by Gasteiger charge is 2.23. The number of nitrogens with one attached hydrogen (secondary N) is 3. The molecule has 2 atom stereocenters. The molecule has 7 heteroatoms. The number of nitrogens with zero attached hydrogens (tertiary/aromatic N) is 1. The molecule has 3 amide bonds. The summed E-state index contributed by atoms with van der Waals surface area (Å²) in [6.45, 7) is 5.62. The number of anilines is 2. The Balaban J connectivity index is 0.00000225. The zero-order valence-electron chi connectivity index (χ0n) is 14.6. The highest BCUT2D eigenvalue weighted by molar-refractivity contribution is 5.95. The van der Waals surface area contributed by atoms with E-state index in [1.54, 1.807) is 4.90 Å². The molecule has 2 saturated heterocycles. The predicted molar refractivity (Wildman–Crippen MR) is 102 cm³/mol. The Morgan fingerprint density at radius 3 is 2.68 bits per heavy atom.